The normalized spacial score (nSPS) is 17.8. The molecule has 0 saturated carbocycles. The van der Waals surface area contributed by atoms with E-state index in [1.807, 2.05) is 37.3 Å². The van der Waals surface area contributed by atoms with Gasteiger partial charge < -0.3 is 9.64 Å². The highest BCUT2D eigenvalue weighted by molar-refractivity contribution is 7.99. The van der Waals surface area contributed by atoms with Crippen LogP contribution in [0.4, 0.5) is 0 Å². The van der Waals surface area contributed by atoms with Crippen LogP contribution in [-0.4, -0.2) is 53.0 Å². The first-order chi connectivity index (χ1) is 11.6. The van der Waals surface area contributed by atoms with Crippen LogP contribution in [0.5, 0.6) is 0 Å². The number of pyridine rings is 1. The first kappa shape index (κ1) is 16.8. The average molecular weight is 344 g/mol. The number of aryl methyl sites for hydroxylation is 1. The molecule has 0 radical (unpaired) electrons. The van der Waals surface area contributed by atoms with Crippen molar-refractivity contribution in [3.63, 3.8) is 0 Å². The van der Waals surface area contributed by atoms with E-state index in [0.717, 1.165) is 28.1 Å². The van der Waals surface area contributed by atoms with Crippen LogP contribution < -0.4 is 0 Å². The molecule has 0 N–H and O–H groups in total. The molecule has 0 aliphatic carbocycles. The molecule has 1 aromatic carbocycles. The highest BCUT2D eigenvalue weighted by Crippen LogP contribution is 2.23. The lowest BCUT2D eigenvalue weighted by Gasteiger charge is -2.35. The molecule has 1 aliphatic heterocycles. The van der Waals surface area contributed by atoms with E-state index >= 15 is 0 Å². The van der Waals surface area contributed by atoms with Gasteiger partial charge in [-0.05, 0) is 31.2 Å². The van der Waals surface area contributed by atoms with E-state index in [4.69, 9.17) is 4.74 Å². The van der Waals surface area contributed by atoms with Gasteiger partial charge in [-0.25, -0.2) is 0 Å². The summed E-state index contributed by atoms with van der Waals surface area (Å²) in [5.41, 5.74) is 2.47. The number of amides is 1. The van der Waals surface area contributed by atoms with Crippen molar-refractivity contribution in [3.05, 3.63) is 41.6 Å². The van der Waals surface area contributed by atoms with E-state index in [2.05, 4.69) is 4.98 Å². The zero-order valence-electron chi connectivity index (χ0n) is 13.8. The maximum Gasteiger partial charge on any atom is 0.307 e. The number of carbonyl (C=O) groups is 2. The molecule has 6 heteroatoms. The Morgan fingerprint density at radius 1 is 1.33 bits per heavy atom. The van der Waals surface area contributed by atoms with Crippen molar-refractivity contribution in [1.29, 1.82) is 0 Å². The van der Waals surface area contributed by atoms with Gasteiger partial charge in [0.2, 0.25) is 0 Å². The number of fused-ring (bicyclic) bond motifs is 1. The third-order valence-corrected chi connectivity index (χ3v) is 5.29. The van der Waals surface area contributed by atoms with E-state index in [0.29, 0.717) is 12.1 Å². The summed E-state index contributed by atoms with van der Waals surface area (Å²) in [5.74, 6) is 1.33. The summed E-state index contributed by atoms with van der Waals surface area (Å²) in [7, 11) is 1.38. The Labute approximate surface area is 145 Å². The monoisotopic (exact) mass is 344 g/mol. The smallest absolute Gasteiger partial charge is 0.307 e. The van der Waals surface area contributed by atoms with Crippen molar-refractivity contribution < 1.29 is 14.3 Å². The summed E-state index contributed by atoms with van der Waals surface area (Å²) in [6, 6.07) is 9.37. The van der Waals surface area contributed by atoms with Crippen LogP contribution in [0.2, 0.25) is 0 Å². The van der Waals surface area contributed by atoms with Crippen LogP contribution in [0.3, 0.4) is 0 Å². The number of ether oxygens (including phenoxy) is 1. The van der Waals surface area contributed by atoms with Crippen LogP contribution in [-0.2, 0) is 9.53 Å². The third kappa shape index (κ3) is 3.53. The molecule has 1 atom stereocenters. The van der Waals surface area contributed by atoms with E-state index in [9.17, 15) is 9.59 Å². The van der Waals surface area contributed by atoms with Crippen molar-refractivity contribution in [2.45, 2.75) is 19.4 Å². The maximum absolute atomic E-state index is 12.9. The van der Waals surface area contributed by atoms with Gasteiger partial charge >= 0.3 is 5.97 Å². The molecule has 1 aromatic heterocycles. The predicted octanol–water partition coefficient (Wildman–Crippen LogP) is 2.66. The minimum Gasteiger partial charge on any atom is -0.469 e. The second kappa shape index (κ2) is 7.21. The first-order valence-corrected chi connectivity index (χ1v) is 9.07. The van der Waals surface area contributed by atoms with Gasteiger partial charge in [0.1, 0.15) is 0 Å². The fourth-order valence-electron chi connectivity index (χ4n) is 2.89. The molecule has 0 unspecified atom stereocenters. The molecule has 1 amide bonds. The number of thioether (sulfide) groups is 1. The molecular formula is C18H20N2O3S. The summed E-state index contributed by atoms with van der Waals surface area (Å²) >= 11 is 1.76. The number of benzene rings is 1. The number of esters is 1. The summed E-state index contributed by atoms with van der Waals surface area (Å²) in [6.07, 6.45) is 0.240. The van der Waals surface area contributed by atoms with E-state index in [1.165, 1.54) is 7.11 Å². The minimum absolute atomic E-state index is 0.0355. The lowest BCUT2D eigenvalue weighted by atomic mass is 10.1. The van der Waals surface area contributed by atoms with Gasteiger partial charge in [0.05, 0.1) is 25.1 Å². The van der Waals surface area contributed by atoms with Crippen molar-refractivity contribution in [1.82, 2.24) is 9.88 Å². The highest BCUT2D eigenvalue weighted by atomic mass is 32.2. The Bertz CT molecular complexity index is 778. The van der Waals surface area contributed by atoms with E-state index < -0.39 is 0 Å². The van der Waals surface area contributed by atoms with Crippen LogP contribution in [0.25, 0.3) is 10.9 Å². The standard InChI is InChI=1S/C18H20N2O3S/c1-12-3-4-13-9-14(5-6-16(13)19-12)18(22)20-7-8-24-11-15(20)10-17(21)23-2/h3-6,9,15H,7-8,10-11H2,1-2H3/t15-/m0/s1. The number of hydrogen-bond donors (Lipinski definition) is 0. The van der Waals surface area contributed by atoms with Gasteiger partial charge in [-0.3, -0.25) is 14.6 Å². The van der Waals surface area contributed by atoms with Gasteiger partial charge in [0.25, 0.3) is 5.91 Å². The number of hydrogen-bond acceptors (Lipinski definition) is 5. The number of nitrogens with zero attached hydrogens (tertiary/aromatic N) is 2. The minimum atomic E-state index is -0.279. The fourth-order valence-corrected chi connectivity index (χ4v) is 3.96. The average Bonchev–Trinajstić information content (AvgIpc) is 2.61. The van der Waals surface area contributed by atoms with Crippen molar-refractivity contribution in [2.24, 2.45) is 0 Å². The van der Waals surface area contributed by atoms with Crippen LogP contribution in [0, 0.1) is 6.92 Å². The number of rotatable bonds is 3. The zero-order chi connectivity index (χ0) is 17.1. The molecule has 0 bridgehead atoms. The number of methoxy groups -OCH3 is 1. The molecule has 5 nitrogen and oxygen atoms in total. The van der Waals surface area contributed by atoms with Gasteiger partial charge in [-0.1, -0.05) is 6.07 Å². The summed E-state index contributed by atoms with van der Waals surface area (Å²) in [5, 5.41) is 0.947. The molecule has 1 aliphatic rings. The van der Waals surface area contributed by atoms with Crippen molar-refractivity contribution in [2.75, 3.05) is 25.2 Å². The van der Waals surface area contributed by atoms with Gasteiger partial charge in [-0.2, -0.15) is 11.8 Å². The van der Waals surface area contributed by atoms with E-state index in [-0.39, 0.29) is 24.3 Å². The van der Waals surface area contributed by atoms with E-state index in [1.54, 1.807) is 16.7 Å². The van der Waals surface area contributed by atoms with Crippen molar-refractivity contribution in [3.8, 4) is 0 Å². The Morgan fingerprint density at radius 3 is 2.96 bits per heavy atom. The Kier molecular flexibility index (Phi) is 5.04. The molecule has 1 fully saturated rings. The van der Waals surface area contributed by atoms with Crippen molar-refractivity contribution >= 4 is 34.5 Å². The lowest BCUT2D eigenvalue weighted by Crippen LogP contribution is -2.47. The molecule has 2 heterocycles. The largest absolute Gasteiger partial charge is 0.469 e. The van der Waals surface area contributed by atoms with Gasteiger partial charge in [0, 0.05) is 34.7 Å². The Hall–Kier alpha value is -2.08. The lowest BCUT2D eigenvalue weighted by molar-refractivity contribution is -0.141. The number of carbonyl (C=O) groups excluding carboxylic acids is 2. The maximum atomic E-state index is 12.9. The molecule has 3 rings (SSSR count). The predicted molar refractivity (Wildman–Crippen MR) is 95.3 cm³/mol. The Balaban J connectivity index is 1.85. The Morgan fingerprint density at radius 2 is 2.17 bits per heavy atom. The topological polar surface area (TPSA) is 59.5 Å². The summed E-state index contributed by atoms with van der Waals surface area (Å²) < 4.78 is 4.76. The second-order valence-electron chi connectivity index (χ2n) is 5.87. The van der Waals surface area contributed by atoms with Gasteiger partial charge in [-0.15, -0.1) is 0 Å². The molecule has 126 valence electrons. The second-order valence-corrected chi connectivity index (χ2v) is 7.02. The quantitative estimate of drug-likeness (QED) is 0.801. The third-order valence-electron chi connectivity index (χ3n) is 4.19. The summed E-state index contributed by atoms with van der Waals surface area (Å²) in [6.45, 7) is 2.59. The zero-order valence-corrected chi connectivity index (χ0v) is 14.6. The highest BCUT2D eigenvalue weighted by Gasteiger charge is 2.29. The molecule has 24 heavy (non-hydrogen) atoms. The molecule has 2 aromatic rings. The summed E-state index contributed by atoms with van der Waals surface area (Å²) in [4.78, 5) is 30.8. The SMILES string of the molecule is COC(=O)C[C@H]1CSCCN1C(=O)c1ccc2nc(C)ccc2c1. The van der Waals surface area contributed by atoms with Crippen LogP contribution in [0.1, 0.15) is 22.5 Å². The fraction of sp³-hybridized carbons (Fsp3) is 0.389. The first-order valence-electron chi connectivity index (χ1n) is 7.91. The molecule has 0 spiro atoms. The number of aromatic nitrogens is 1. The molecular weight excluding hydrogens is 324 g/mol. The van der Waals surface area contributed by atoms with Gasteiger partial charge in [0.15, 0.2) is 0 Å². The van der Waals surface area contributed by atoms with Crippen LogP contribution in [0.15, 0.2) is 30.3 Å². The molecule has 1 saturated heterocycles. The van der Waals surface area contributed by atoms with Crippen LogP contribution >= 0.6 is 11.8 Å².